The number of anilines is 4. The van der Waals surface area contributed by atoms with Crippen LogP contribution in [0.25, 0.3) is 16.9 Å². The average Bonchev–Trinajstić information content (AvgIpc) is 4.09. The van der Waals surface area contributed by atoms with Crippen LogP contribution >= 0.6 is 0 Å². The van der Waals surface area contributed by atoms with Gasteiger partial charge in [-0.1, -0.05) is 25.6 Å². The lowest BCUT2D eigenvalue weighted by molar-refractivity contribution is -0.126. The van der Waals surface area contributed by atoms with Gasteiger partial charge in [0, 0.05) is 74.0 Å². The highest BCUT2D eigenvalue weighted by molar-refractivity contribution is 6.05. The second-order valence-corrected chi connectivity index (χ2v) is 16.7. The third-order valence-corrected chi connectivity index (χ3v) is 11.8. The number of nitrogens with zero attached hydrogens (tertiary/aromatic N) is 8. The number of hydrogen-bond acceptors (Lipinski definition) is 12. The topological polar surface area (TPSA) is 198 Å². The monoisotopic (exact) mass is 917 g/mol. The van der Waals surface area contributed by atoms with Gasteiger partial charge in [-0.25, -0.2) is 23.7 Å². The summed E-state index contributed by atoms with van der Waals surface area (Å²) in [5.74, 6) is -0.472. The number of ether oxygens (including phenoxy) is 1. The maximum Gasteiger partial charge on any atom is 0.258 e. The van der Waals surface area contributed by atoms with Crippen LogP contribution in [-0.2, 0) is 24.3 Å². The summed E-state index contributed by atoms with van der Waals surface area (Å²) < 4.78 is 39.4. The third kappa shape index (κ3) is 11.3. The fraction of sp³-hybridized carbons (Fsp3) is 0.367. The average molecular weight is 918 g/mol. The van der Waals surface area contributed by atoms with Crippen molar-refractivity contribution in [3.05, 3.63) is 129 Å². The van der Waals surface area contributed by atoms with Crippen LogP contribution in [-0.4, -0.2) is 90.8 Å². The van der Waals surface area contributed by atoms with E-state index in [0.717, 1.165) is 85.2 Å². The molecule has 1 saturated heterocycles. The SMILES string of the molecule is C=C(Cn1cc(CNc2cc(N3CCCCC3)nc3c(CC)cnn23)ccc1=O)C(=O)N(C)CCOc1c(N)ncnc1-c1cc(F)cc(NC(=O)c2ccc(C3CC3)cc2F)c1C.CCO. The van der Waals surface area contributed by atoms with E-state index in [0.29, 0.717) is 18.0 Å². The number of hydrogen-bond donors (Lipinski definition) is 4. The molecule has 18 heteroatoms. The minimum Gasteiger partial charge on any atom is -0.486 e. The number of rotatable bonds is 16. The molecule has 5 heterocycles. The van der Waals surface area contributed by atoms with Gasteiger partial charge in [-0.3, -0.25) is 14.4 Å². The van der Waals surface area contributed by atoms with Crippen molar-refractivity contribution in [3.8, 4) is 17.0 Å². The van der Waals surface area contributed by atoms with Crippen LogP contribution in [0.2, 0.25) is 0 Å². The van der Waals surface area contributed by atoms with Crippen molar-refractivity contribution in [1.29, 1.82) is 0 Å². The van der Waals surface area contributed by atoms with Gasteiger partial charge in [0.1, 0.15) is 41.9 Å². The Morgan fingerprint density at radius 2 is 1.81 bits per heavy atom. The first kappa shape index (κ1) is 47.7. The van der Waals surface area contributed by atoms with Gasteiger partial charge in [0.2, 0.25) is 0 Å². The Hall–Kier alpha value is -7.21. The first-order valence-electron chi connectivity index (χ1n) is 22.5. The molecule has 0 unspecified atom stereocenters. The van der Waals surface area contributed by atoms with Gasteiger partial charge in [-0.05, 0) is 99.2 Å². The van der Waals surface area contributed by atoms with Crippen LogP contribution in [0.5, 0.6) is 5.75 Å². The Kier molecular flexibility index (Phi) is 15.2. The summed E-state index contributed by atoms with van der Waals surface area (Å²) >= 11 is 0. The van der Waals surface area contributed by atoms with Gasteiger partial charge in [0.25, 0.3) is 17.4 Å². The largest absolute Gasteiger partial charge is 0.486 e. The molecule has 2 amide bonds. The van der Waals surface area contributed by atoms with E-state index < -0.39 is 23.4 Å². The van der Waals surface area contributed by atoms with E-state index in [1.165, 1.54) is 46.5 Å². The van der Waals surface area contributed by atoms with Crippen LogP contribution in [0, 0.1) is 18.6 Å². The van der Waals surface area contributed by atoms with E-state index in [-0.39, 0.29) is 71.5 Å². The highest BCUT2D eigenvalue weighted by Gasteiger charge is 2.26. The van der Waals surface area contributed by atoms with Gasteiger partial charge in [-0.15, -0.1) is 0 Å². The molecule has 1 aliphatic heterocycles. The van der Waals surface area contributed by atoms with E-state index in [9.17, 15) is 18.8 Å². The Balaban J connectivity index is 0.00000216. The summed E-state index contributed by atoms with van der Waals surface area (Å²) in [4.78, 5) is 56.7. The number of aryl methyl sites for hydroxylation is 1. The zero-order valence-corrected chi connectivity index (χ0v) is 38.3. The molecule has 352 valence electrons. The quantitative estimate of drug-likeness (QED) is 0.0734. The Labute approximate surface area is 387 Å². The lowest BCUT2D eigenvalue weighted by Crippen LogP contribution is -2.34. The standard InChI is InChI=1S/C47H51F2N11O4.C2H6O/c1-5-31-24-54-60-39(22-40(56-45(31)60)58-15-7-6-8-16-58)51-23-30-9-14-41(61)59(26-30)25-28(2)47(63)57(4)17-18-64-43-42(52-27-53-44(43)50)36-20-34(48)21-38(29(36)3)55-46(62)35-13-12-33(19-37(35)49)32-10-11-32;1-2-3/h9,12-14,19-22,24,26-27,32,51H,2,5-8,10-11,15-18,23,25H2,1,3-4H3,(H,55,62)(H2,50,52,53);3H,2H2,1H3. The van der Waals surface area contributed by atoms with Crippen LogP contribution in [0.3, 0.4) is 0 Å². The summed E-state index contributed by atoms with van der Waals surface area (Å²) in [7, 11) is 1.58. The summed E-state index contributed by atoms with van der Waals surface area (Å²) in [6, 6.07) is 12.1. The molecule has 1 saturated carbocycles. The molecule has 0 spiro atoms. The van der Waals surface area contributed by atoms with Gasteiger partial charge >= 0.3 is 0 Å². The lowest BCUT2D eigenvalue weighted by Gasteiger charge is -2.28. The second-order valence-electron chi connectivity index (χ2n) is 16.7. The molecular formula is C49H57F2N11O5. The second kappa shape index (κ2) is 21.4. The number of fused-ring (bicyclic) bond motifs is 1. The number of pyridine rings is 1. The zero-order chi connectivity index (χ0) is 47.8. The van der Waals surface area contributed by atoms with Crippen LogP contribution in [0.4, 0.5) is 31.9 Å². The molecular weight excluding hydrogens is 861 g/mol. The lowest BCUT2D eigenvalue weighted by atomic mass is 10.0. The third-order valence-electron chi connectivity index (χ3n) is 11.8. The maximum absolute atomic E-state index is 15.2. The van der Waals surface area contributed by atoms with Crippen molar-refractivity contribution in [2.24, 2.45) is 0 Å². The fourth-order valence-corrected chi connectivity index (χ4v) is 7.94. The summed E-state index contributed by atoms with van der Waals surface area (Å²) in [6.45, 7) is 11.9. The highest BCUT2D eigenvalue weighted by atomic mass is 19.1. The number of piperidine rings is 1. The molecule has 2 aliphatic rings. The number of nitrogens with two attached hydrogens (primary N) is 1. The number of nitrogens with one attached hydrogen (secondary N) is 2. The molecule has 1 aliphatic carbocycles. The molecule has 8 rings (SSSR count). The number of halogens is 2. The minimum absolute atomic E-state index is 0.0321. The number of likely N-dealkylation sites (N-methyl/N-ethyl adjacent to an activating group) is 1. The molecule has 5 N–H and O–H groups in total. The molecule has 2 aromatic carbocycles. The molecule has 6 aromatic rings. The number of aliphatic hydroxyl groups is 1. The fourth-order valence-electron chi connectivity index (χ4n) is 7.94. The number of aliphatic hydroxyl groups excluding tert-OH is 1. The molecule has 2 fully saturated rings. The minimum atomic E-state index is -0.730. The van der Waals surface area contributed by atoms with E-state index in [1.54, 1.807) is 39.2 Å². The molecule has 0 bridgehead atoms. The van der Waals surface area contributed by atoms with Crippen LogP contribution < -0.4 is 31.6 Å². The van der Waals surface area contributed by atoms with Crippen molar-refractivity contribution < 1.29 is 28.2 Å². The number of benzene rings is 2. The van der Waals surface area contributed by atoms with Crippen LogP contribution in [0.15, 0.2) is 84.2 Å². The van der Waals surface area contributed by atoms with Crippen molar-refractivity contribution in [1.82, 2.24) is 34.0 Å². The zero-order valence-electron chi connectivity index (χ0n) is 38.3. The van der Waals surface area contributed by atoms with Crippen molar-refractivity contribution in [2.45, 2.75) is 78.3 Å². The van der Waals surface area contributed by atoms with Crippen molar-refractivity contribution >= 4 is 40.6 Å². The predicted octanol–water partition coefficient (Wildman–Crippen LogP) is 6.90. The molecule has 16 nitrogen and oxygen atoms in total. The number of aromatic nitrogens is 6. The smallest absolute Gasteiger partial charge is 0.258 e. The van der Waals surface area contributed by atoms with Gasteiger partial charge in [0.15, 0.2) is 17.2 Å². The maximum atomic E-state index is 15.2. The normalized spacial score (nSPS) is 13.4. The summed E-state index contributed by atoms with van der Waals surface area (Å²) in [5.41, 5.74) is 10.4. The number of amides is 2. The highest BCUT2D eigenvalue weighted by Crippen LogP contribution is 2.41. The van der Waals surface area contributed by atoms with Gasteiger partial charge < -0.3 is 40.6 Å². The summed E-state index contributed by atoms with van der Waals surface area (Å²) in [6.07, 6.45) is 11.0. The van der Waals surface area contributed by atoms with E-state index in [4.69, 9.17) is 20.6 Å². The number of carbonyl (C=O) groups excluding carboxylic acids is 2. The summed E-state index contributed by atoms with van der Waals surface area (Å²) in [5, 5.41) is 18.3. The Morgan fingerprint density at radius 3 is 2.52 bits per heavy atom. The van der Waals surface area contributed by atoms with Crippen molar-refractivity contribution in [2.75, 3.05) is 61.2 Å². The van der Waals surface area contributed by atoms with E-state index >= 15 is 4.39 Å². The van der Waals surface area contributed by atoms with Gasteiger partial charge in [-0.2, -0.15) is 9.61 Å². The Bertz CT molecular complexity index is 2840. The molecule has 67 heavy (non-hydrogen) atoms. The van der Waals surface area contributed by atoms with Crippen molar-refractivity contribution in [3.63, 3.8) is 0 Å². The van der Waals surface area contributed by atoms with Crippen LogP contribution in [0.1, 0.15) is 84.5 Å². The van der Waals surface area contributed by atoms with Gasteiger partial charge in [0.05, 0.1) is 24.8 Å². The first-order valence-corrected chi connectivity index (χ1v) is 22.5. The number of carbonyl (C=O) groups is 2. The first-order chi connectivity index (χ1) is 32.3. The van der Waals surface area contributed by atoms with E-state index in [1.807, 2.05) is 16.8 Å². The van der Waals surface area contributed by atoms with E-state index in [2.05, 4.69) is 44.1 Å². The Morgan fingerprint density at radius 1 is 1.04 bits per heavy atom. The molecule has 0 radical (unpaired) electrons. The predicted molar refractivity (Wildman–Crippen MR) is 254 cm³/mol. The molecule has 0 atom stereocenters. The molecule has 4 aromatic heterocycles. The number of nitrogen functional groups attached to an aromatic ring is 1.